The number of amides is 1. The normalized spacial score (nSPS) is 13.0. The van der Waals surface area contributed by atoms with E-state index in [9.17, 15) is 4.79 Å². The fraction of sp³-hybridized carbons (Fsp3) is 0.889. The molecule has 3 N–H and O–H groups in total. The number of hydrogen-bond donors (Lipinski definition) is 3. The maximum atomic E-state index is 11.1. The van der Waals surface area contributed by atoms with E-state index < -0.39 is 0 Å². The summed E-state index contributed by atoms with van der Waals surface area (Å²) in [5.74, 6) is -0.0293. The van der Waals surface area contributed by atoms with Crippen molar-refractivity contribution in [3.63, 3.8) is 0 Å². The smallest absolute Gasteiger partial charge is 0.234 e. The summed E-state index contributed by atoms with van der Waals surface area (Å²) in [6, 6.07) is 0.172. The van der Waals surface area contributed by atoms with Gasteiger partial charge in [-0.2, -0.15) is 0 Å². The Morgan fingerprint density at radius 1 is 1.46 bits per heavy atom. The Balaban J connectivity index is 3.37. The van der Waals surface area contributed by atoms with Gasteiger partial charge in [0, 0.05) is 12.6 Å². The third-order valence-corrected chi connectivity index (χ3v) is 1.59. The summed E-state index contributed by atoms with van der Waals surface area (Å²) in [6.45, 7) is 6.48. The van der Waals surface area contributed by atoms with E-state index in [0.717, 1.165) is 0 Å². The van der Waals surface area contributed by atoms with Crippen molar-refractivity contribution in [2.45, 2.75) is 39.3 Å². The zero-order chi connectivity index (χ0) is 10.3. The zero-order valence-corrected chi connectivity index (χ0v) is 8.63. The number of nitrogens with one attached hydrogen (secondary N) is 2. The zero-order valence-electron chi connectivity index (χ0n) is 8.63. The van der Waals surface area contributed by atoms with Crippen LogP contribution in [-0.4, -0.2) is 36.2 Å². The highest BCUT2D eigenvalue weighted by molar-refractivity contribution is 5.78. The predicted octanol–water partition coefficient (Wildman–Crippen LogP) is -0.128. The Labute approximate surface area is 79.7 Å². The van der Waals surface area contributed by atoms with Crippen molar-refractivity contribution in [1.29, 1.82) is 0 Å². The maximum absolute atomic E-state index is 11.1. The van der Waals surface area contributed by atoms with Crippen LogP contribution in [0.15, 0.2) is 0 Å². The molecule has 0 rings (SSSR count). The Morgan fingerprint density at radius 3 is 2.54 bits per heavy atom. The van der Waals surface area contributed by atoms with Crippen LogP contribution in [0.1, 0.15) is 27.2 Å². The summed E-state index contributed by atoms with van der Waals surface area (Å²) < 4.78 is 0. The minimum atomic E-state index is -0.355. The first-order valence-corrected chi connectivity index (χ1v) is 4.74. The van der Waals surface area contributed by atoms with Crippen molar-refractivity contribution in [3.05, 3.63) is 0 Å². The fourth-order valence-electron chi connectivity index (χ4n) is 0.870. The van der Waals surface area contributed by atoms with E-state index in [1.807, 2.05) is 20.8 Å². The number of hydrogen-bond acceptors (Lipinski definition) is 3. The largest absolute Gasteiger partial charge is 0.392 e. The summed E-state index contributed by atoms with van der Waals surface area (Å²) >= 11 is 0. The van der Waals surface area contributed by atoms with E-state index in [4.69, 9.17) is 5.11 Å². The third kappa shape index (κ3) is 7.74. The molecule has 4 heteroatoms. The quantitative estimate of drug-likeness (QED) is 0.544. The third-order valence-electron chi connectivity index (χ3n) is 1.59. The number of carbonyl (C=O) groups is 1. The standard InChI is InChI=1S/C9H20N2O2/c1-4-8(12)5-10-6-9(13)11-7(2)3/h7-8,10,12H,4-6H2,1-3H3,(H,11,13). The molecule has 0 aliphatic carbocycles. The van der Waals surface area contributed by atoms with E-state index in [2.05, 4.69) is 10.6 Å². The van der Waals surface area contributed by atoms with Gasteiger partial charge in [-0.25, -0.2) is 0 Å². The van der Waals surface area contributed by atoms with Crippen molar-refractivity contribution in [2.75, 3.05) is 13.1 Å². The van der Waals surface area contributed by atoms with Crippen LogP contribution < -0.4 is 10.6 Å². The van der Waals surface area contributed by atoms with E-state index in [-0.39, 0.29) is 24.6 Å². The first-order valence-electron chi connectivity index (χ1n) is 4.74. The van der Waals surface area contributed by atoms with Gasteiger partial charge in [-0.05, 0) is 20.3 Å². The lowest BCUT2D eigenvalue weighted by molar-refractivity contribution is -0.120. The molecule has 1 unspecified atom stereocenters. The Morgan fingerprint density at radius 2 is 2.08 bits per heavy atom. The number of aliphatic hydroxyl groups is 1. The highest BCUT2D eigenvalue weighted by Gasteiger charge is 2.04. The molecule has 0 fully saturated rings. The number of carbonyl (C=O) groups excluding carboxylic acids is 1. The second-order valence-electron chi connectivity index (χ2n) is 3.42. The molecule has 0 aliphatic heterocycles. The topological polar surface area (TPSA) is 61.4 Å². The van der Waals surface area contributed by atoms with Crippen molar-refractivity contribution in [2.24, 2.45) is 0 Å². The molecular formula is C9H20N2O2. The lowest BCUT2D eigenvalue weighted by Crippen LogP contribution is -2.39. The summed E-state index contributed by atoms with van der Waals surface area (Å²) in [5, 5.41) is 14.8. The summed E-state index contributed by atoms with van der Waals surface area (Å²) in [4.78, 5) is 11.1. The van der Waals surface area contributed by atoms with Crippen LogP contribution in [0.3, 0.4) is 0 Å². The molecule has 0 aromatic heterocycles. The van der Waals surface area contributed by atoms with E-state index in [0.29, 0.717) is 13.0 Å². The van der Waals surface area contributed by atoms with Crippen LogP contribution >= 0.6 is 0 Å². The lowest BCUT2D eigenvalue weighted by atomic mass is 10.3. The van der Waals surface area contributed by atoms with Crippen LogP contribution in [0.4, 0.5) is 0 Å². The predicted molar refractivity (Wildman–Crippen MR) is 52.4 cm³/mol. The van der Waals surface area contributed by atoms with Crippen LogP contribution in [-0.2, 0) is 4.79 Å². The monoisotopic (exact) mass is 188 g/mol. The molecule has 13 heavy (non-hydrogen) atoms. The van der Waals surface area contributed by atoms with Gasteiger partial charge in [-0.3, -0.25) is 4.79 Å². The molecule has 1 amide bonds. The highest BCUT2D eigenvalue weighted by atomic mass is 16.3. The molecule has 0 aromatic rings. The Hall–Kier alpha value is -0.610. The van der Waals surface area contributed by atoms with E-state index >= 15 is 0 Å². The minimum absolute atomic E-state index is 0.0293. The second-order valence-corrected chi connectivity index (χ2v) is 3.42. The van der Waals surface area contributed by atoms with Gasteiger partial charge >= 0.3 is 0 Å². The van der Waals surface area contributed by atoms with Crippen molar-refractivity contribution >= 4 is 5.91 Å². The van der Waals surface area contributed by atoms with Gasteiger partial charge in [0.1, 0.15) is 0 Å². The van der Waals surface area contributed by atoms with Gasteiger partial charge in [0.05, 0.1) is 12.6 Å². The minimum Gasteiger partial charge on any atom is -0.392 e. The van der Waals surface area contributed by atoms with Crippen LogP contribution in [0.5, 0.6) is 0 Å². The molecule has 0 aliphatic rings. The molecule has 0 spiro atoms. The first-order chi connectivity index (χ1) is 6.06. The van der Waals surface area contributed by atoms with E-state index in [1.54, 1.807) is 0 Å². The van der Waals surface area contributed by atoms with E-state index in [1.165, 1.54) is 0 Å². The van der Waals surface area contributed by atoms with Gasteiger partial charge in [-0.1, -0.05) is 6.92 Å². The molecule has 0 heterocycles. The Bertz CT molecular complexity index is 149. The van der Waals surface area contributed by atoms with Gasteiger partial charge in [0.15, 0.2) is 0 Å². The van der Waals surface area contributed by atoms with Crippen LogP contribution in [0.2, 0.25) is 0 Å². The van der Waals surface area contributed by atoms with Crippen LogP contribution in [0, 0.1) is 0 Å². The second kappa shape index (κ2) is 6.86. The molecule has 0 radical (unpaired) electrons. The molecule has 1 atom stereocenters. The van der Waals surface area contributed by atoms with Gasteiger partial charge in [-0.15, -0.1) is 0 Å². The fourth-order valence-corrected chi connectivity index (χ4v) is 0.870. The van der Waals surface area contributed by atoms with Crippen molar-refractivity contribution < 1.29 is 9.90 Å². The lowest BCUT2D eigenvalue weighted by Gasteiger charge is -2.11. The SMILES string of the molecule is CCC(O)CNCC(=O)NC(C)C. The van der Waals surface area contributed by atoms with Crippen molar-refractivity contribution in [1.82, 2.24) is 10.6 Å². The van der Waals surface area contributed by atoms with Gasteiger partial charge in [0.2, 0.25) is 5.91 Å². The van der Waals surface area contributed by atoms with Crippen LogP contribution in [0.25, 0.3) is 0 Å². The molecule has 0 aromatic carbocycles. The molecule has 78 valence electrons. The molecule has 0 bridgehead atoms. The number of aliphatic hydroxyl groups excluding tert-OH is 1. The molecule has 0 saturated carbocycles. The molecule has 0 saturated heterocycles. The van der Waals surface area contributed by atoms with Gasteiger partial charge < -0.3 is 15.7 Å². The van der Waals surface area contributed by atoms with Gasteiger partial charge in [0.25, 0.3) is 0 Å². The van der Waals surface area contributed by atoms with Crippen molar-refractivity contribution in [3.8, 4) is 0 Å². The average molecular weight is 188 g/mol. The summed E-state index contributed by atoms with van der Waals surface area (Å²) in [7, 11) is 0. The Kier molecular flexibility index (Phi) is 6.54. The number of rotatable bonds is 6. The summed E-state index contributed by atoms with van der Waals surface area (Å²) in [5.41, 5.74) is 0. The maximum Gasteiger partial charge on any atom is 0.234 e. The molecule has 4 nitrogen and oxygen atoms in total. The summed E-state index contributed by atoms with van der Waals surface area (Å²) in [6.07, 6.45) is 0.352. The highest BCUT2D eigenvalue weighted by Crippen LogP contribution is 1.85. The molecular weight excluding hydrogens is 168 g/mol. The average Bonchev–Trinajstić information content (AvgIpc) is 2.02. The first kappa shape index (κ1) is 12.4.